The lowest BCUT2D eigenvalue weighted by Gasteiger charge is -2.17. The summed E-state index contributed by atoms with van der Waals surface area (Å²) in [4.78, 5) is 12.4. The predicted molar refractivity (Wildman–Crippen MR) is 104 cm³/mol. The molecule has 1 fully saturated rings. The van der Waals surface area contributed by atoms with Crippen LogP contribution in [0.3, 0.4) is 0 Å². The summed E-state index contributed by atoms with van der Waals surface area (Å²) in [5.41, 5.74) is 1.56. The fourth-order valence-corrected chi connectivity index (χ4v) is 3.37. The predicted octanol–water partition coefficient (Wildman–Crippen LogP) is 4.18. The number of amides is 1. The van der Waals surface area contributed by atoms with Gasteiger partial charge in [-0.1, -0.05) is 0 Å². The average molecular weight is 368 g/mol. The van der Waals surface area contributed by atoms with E-state index in [4.69, 9.17) is 14.2 Å². The number of carbonyl (C=O) groups is 1. The van der Waals surface area contributed by atoms with Crippen LogP contribution in [0.15, 0.2) is 42.5 Å². The lowest BCUT2D eigenvalue weighted by atomic mass is 10.2. The number of fused-ring (bicyclic) bond motifs is 1. The van der Waals surface area contributed by atoms with Gasteiger partial charge in [-0.3, -0.25) is 4.79 Å². The first-order chi connectivity index (χ1) is 13.2. The quantitative estimate of drug-likeness (QED) is 0.801. The maximum absolute atomic E-state index is 12.4. The summed E-state index contributed by atoms with van der Waals surface area (Å²) >= 11 is 0. The molecular formula is C21H24N2O4. The topological polar surface area (TPSA) is 68.8 Å². The van der Waals surface area contributed by atoms with Gasteiger partial charge in [0.15, 0.2) is 11.5 Å². The van der Waals surface area contributed by atoms with Crippen molar-refractivity contribution in [3.63, 3.8) is 0 Å². The van der Waals surface area contributed by atoms with Gasteiger partial charge in [0, 0.05) is 17.4 Å². The van der Waals surface area contributed by atoms with Crippen LogP contribution in [-0.4, -0.2) is 24.8 Å². The first kappa shape index (κ1) is 17.5. The van der Waals surface area contributed by atoms with Gasteiger partial charge >= 0.3 is 0 Å². The zero-order valence-electron chi connectivity index (χ0n) is 15.4. The smallest absolute Gasteiger partial charge is 0.246 e. The van der Waals surface area contributed by atoms with E-state index in [-0.39, 0.29) is 12.7 Å². The minimum absolute atomic E-state index is 0.125. The molecule has 1 amide bonds. The molecular weight excluding hydrogens is 344 g/mol. The Kier molecular flexibility index (Phi) is 5.05. The Balaban J connectivity index is 1.31. The van der Waals surface area contributed by atoms with Crippen LogP contribution in [-0.2, 0) is 4.79 Å². The van der Waals surface area contributed by atoms with Crippen LogP contribution >= 0.6 is 0 Å². The van der Waals surface area contributed by atoms with E-state index in [2.05, 4.69) is 10.6 Å². The van der Waals surface area contributed by atoms with Crippen molar-refractivity contribution in [1.82, 2.24) is 0 Å². The standard InChI is InChI=1S/C21H24N2O4/c1-14(21(24)23-16-8-11-19-20(12-16)26-13-25-19)22-15-6-9-18(10-7-15)27-17-4-2-3-5-17/h6-12,14,17,22H,2-5,13H2,1H3,(H,23,24). The Morgan fingerprint density at radius 2 is 1.74 bits per heavy atom. The molecule has 6 nitrogen and oxygen atoms in total. The van der Waals surface area contributed by atoms with Crippen molar-refractivity contribution in [3.8, 4) is 17.2 Å². The number of hydrogen-bond donors (Lipinski definition) is 2. The monoisotopic (exact) mass is 368 g/mol. The Morgan fingerprint density at radius 3 is 2.52 bits per heavy atom. The van der Waals surface area contributed by atoms with Crippen LogP contribution in [0.2, 0.25) is 0 Å². The van der Waals surface area contributed by atoms with E-state index in [1.165, 1.54) is 12.8 Å². The van der Waals surface area contributed by atoms with Crippen molar-refractivity contribution in [2.75, 3.05) is 17.4 Å². The zero-order chi connectivity index (χ0) is 18.6. The molecule has 27 heavy (non-hydrogen) atoms. The van der Waals surface area contributed by atoms with Crippen molar-refractivity contribution in [1.29, 1.82) is 0 Å². The number of carbonyl (C=O) groups excluding carboxylic acids is 1. The van der Waals surface area contributed by atoms with Crippen molar-refractivity contribution < 1.29 is 19.0 Å². The van der Waals surface area contributed by atoms with Crippen LogP contribution in [0.25, 0.3) is 0 Å². The summed E-state index contributed by atoms with van der Waals surface area (Å²) < 4.78 is 16.6. The maximum atomic E-state index is 12.4. The Hall–Kier alpha value is -2.89. The fourth-order valence-electron chi connectivity index (χ4n) is 3.37. The van der Waals surface area contributed by atoms with Gasteiger partial charge < -0.3 is 24.8 Å². The molecule has 1 aliphatic carbocycles. The number of ether oxygens (including phenoxy) is 3. The molecule has 1 heterocycles. The minimum atomic E-state index is -0.392. The van der Waals surface area contributed by atoms with Crippen LogP contribution in [0.1, 0.15) is 32.6 Å². The second-order valence-electron chi connectivity index (χ2n) is 6.97. The Morgan fingerprint density at radius 1 is 1.04 bits per heavy atom. The van der Waals surface area contributed by atoms with E-state index in [0.29, 0.717) is 23.3 Å². The molecule has 0 radical (unpaired) electrons. The van der Waals surface area contributed by atoms with Gasteiger partial charge in [-0.2, -0.15) is 0 Å². The number of anilines is 2. The second kappa shape index (κ2) is 7.78. The van der Waals surface area contributed by atoms with E-state index < -0.39 is 6.04 Å². The summed E-state index contributed by atoms with van der Waals surface area (Å²) in [5.74, 6) is 2.09. The van der Waals surface area contributed by atoms with Crippen LogP contribution in [0.5, 0.6) is 17.2 Å². The third kappa shape index (κ3) is 4.27. The van der Waals surface area contributed by atoms with Gasteiger partial charge in [-0.05, 0) is 69.0 Å². The summed E-state index contributed by atoms with van der Waals surface area (Å²) in [6.45, 7) is 2.04. The summed E-state index contributed by atoms with van der Waals surface area (Å²) in [6, 6.07) is 12.7. The third-order valence-corrected chi connectivity index (χ3v) is 4.88. The van der Waals surface area contributed by atoms with Crippen molar-refractivity contribution in [2.45, 2.75) is 44.8 Å². The van der Waals surface area contributed by atoms with Gasteiger partial charge in [0.05, 0.1) is 6.10 Å². The molecule has 2 aromatic rings. The van der Waals surface area contributed by atoms with Crippen molar-refractivity contribution in [2.24, 2.45) is 0 Å². The van der Waals surface area contributed by atoms with Crippen molar-refractivity contribution >= 4 is 17.3 Å². The third-order valence-electron chi connectivity index (χ3n) is 4.88. The van der Waals surface area contributed by atoms with E-state index >= 15 is 0 Å². The highest BCUT2D eigenvalue weighted by atomic mass is 16.7. The first-order valence-corrected chi connectivity index (χ1v) is 9.41. The molecule has 2 aromatic carbocycles. The molecule has 0 spiro atoms. The molecule has 1 aliphatic heterocycles. The van der Waals surface area contributed by atoms with E-state index in [9.17, 15) is 4.79 Å². The van der Waals surface area contributed by atoms with E-state index in [0.717, 1.165) is 24.3 Å². The maximum Gasteiger partial charge on any atom is 0.246 e. The molecule has 1 saturated carbocycles. The van der Waals surface area contributed by atoms with Gasteiger partial charge in [-0.25, -0.2) is 0 Å². The molecule has 1 atom stereocenters. The Labute approximate surface area is 158 Å². The summed E-state index contributed by atoms with van der Waals surface area (Å²) in [6.07, 6.45) is 5.12. The second-order valence-corrected chi connectivity index (χ2v) is 6.97. The highest BCUT2D eigenvalue weighted by molar-refractivity contribution is 5.96. The number of nitrogens with one attached hydrogen (secondary N) is 2. The fraction of sp³-hybridized carbons (Fsp3) is 0.381. The van der Waals surface area contributed by atoms with Crippen LogP contribution in [0, 0.1) is 0 Å². The highest BCUT2D eigenvalue weighted by Gasteiger charge is 2.18. The Bertz CT molecular complexity index is 800. The zero-order valence-corrected chi connectivity index (χ0v) is 15.4. The molecule has 4 rings (SSSR count). The van der Waals surface area contributed by atoms with Gasteiger partial charge in [0.25, 0.3) is 0 Å². The number of rotatable bonds is 6. The summed E-state index contributed by atoms with van der Waals surface area (Å²) in [7, 11) is 0. The molecule has 0 saturated heterocycles. The SMILES string of the molecule is CC(Nc1ccc(OC2CCCC2)cc1)C(=O)Nc1ccc2c(c1)OCO2. The molecule has 1 unspecified atom stereocenters. The minimum Gasteiger partial charge on any atom is -0.490 e. The average Bonchev–Trinajstić information content (AvgIpc) is 3.34. The van der Waals surface area contributed by atoms with E-state index in [1.807, 2.05) is 31.2 Å². The summed E-state index contributed by atoms with van der Waals surface area (Å²) in [5, 5.41) is 6.10. The molecule has 6 heteroatoms. The lowest BCUT2D eigenvalue weighted by molar-refractivity contribution is -0.116. The van der Waals surface area contributed by atoms with E-state index in [1.54, 1.807) is 18.2 Å². The molecule has 0 bridgehead atoms. The van der Waals surface area contributed by atoms with Gasteiger partial charge in [0.1, 0.15) is 11.8 Å². The molecule has 2 aliphatic rings. The van der Waals surface area contributed by atoms with Crippen molar-refractivity contribution in [3.05, 3.63) is 42.5 Å². The van der Waals surface area contributed by atoms with Crippen LogP contribution < -0.4 is 24.8 Å². The van der Waals surface area contributed by atoms with Crippen LogP contribution in [0.4, 0.5) is 11.4 Å². The molecule has 2 N–H and O–H groups in total. The molecule has 142 valence electrons. The lowest BCUT2D eigenvalue weighted by Crippen LogP contribution is -2.31. The highest BCUT2D eigenvalue weighted by Crippen LogP contribution is 2.34. The van der Waals surface area contributed by atoms with Gasteiger partial charge in [-0.15, -0.1) is 0 Å². The first-order valence-electron chi connectivity index (χ1n) is 9.41. The number of hydrogen-bond acceptors (Lipinski definition) is 5. The van der Waals surface area contributed by atoms with Gasteiger partial charge in [0.2, 0.25) is 12.7 Å². The normalized spacial score (nSPS) is 16.8. The largest absolute Gasteiger partial charge is 0.490 e. The number of benzene rings is 2. The molecule has 0 aromatic heterocycles.